The van der Waals surface area contributed by atoms with Crippen LogP contribution in [0.5, 0.6) is 5.75 Å². The molecule has 1 aromatic heterocycles. The summed E-state index contributed by atoms with van der Waals surface area (Å²) in [5.41, 5.74) is 0.531. The molecule has 0 fully saturated rings. The van der Waals surface area contributed by atoms with Crippen LogP contribution in [0.15, 0.2) is 23.6 Å². The van der Waals surface area contributed by atoms with Crippen molar-refractivity contribution in [1.82, 2.24) is 0 Å². The molecule has 0 unspecified atom stereocenters. The van der Waals surface area contributed by atoms with Crippen molar-refractivity contribution in [2.75, 3.05) is 7.11 Å². The van der Waals surface area contributed by atoms with E-state index in [1.807, 2.05) is 18.2 Å². The Bertz CT molecular complexity index is 452. The second-order valence-electron chi connectivity index (χ2n) is 2.90. The molecule has 5 heteroatoms. The van der Waals surface area contributed by atoms with E-state index in [2.05, 4.69) is 0 Å². The van der Waals surface area contributed by atoms with Gasteiger partial charge in [-0.15, -0.1) is 11.3 Å². The van der Waals surface area contributed by atoms with Crippen molar-refractivity contribution in [3.8, 4) is 5.75 Å². The predicted molar refractivity (Wildman–Crippen MR) is 58.2 cm³/mol. The van der Waals surface area contributed by atoms with Gasteiger partial charge in [0.15, 0.2) is 0 Å². The van der Waals surface area contributed by atoms with Crippen LogP contribution in [0.1, 0.15) is 0 Å². The third kappa shape index (κ3) is 1.39. The lowest BCUT2D eigenvalue weighted by atomic mass is 9.80. The van der Waals surface area contributed by atoms with Gasteiger partial charge in [0.2, 0.25) is 0 Å². The summed E-state index contributed by atoms with van der Waals surface area (Å²) in [6, 6.07) is 5.54. The predicted octanol–water partition coefficient (Wildman–Crippen LogP) is 0.590. The number of rotatable bonds is 2. The molecule has 0 saturated heterocycles. The molecule has 0 amide bonds. The SMILES string of the molecule is COc1cccc2c(B(O)O)csc12. The van der Waals surface area contributed by atoms with Gasteiger partial charge >= 0.3 is 7.12 Å². The van der Waals surface area contributed by atoms with Crippen LogP contribution in [-0.2, 0) is 0 Å². The van der Waals surface area contributed by atoms with Crippen LogP contribution in [-0.4, -0.2) is 24.3 Å². The molecule has 14 heavy (non-hydrogen) atoms. The van der Waals surface area contributed by atoms with Crippen LogP contribution in [0, 0.1) is 0 Å². The second-order valence-corrected chi connectivity index (χ2v) is 3.78. The molecule has 0 aliphatic carbocycles. The van der Waals surface area contributed by atoms with E-state index >= 15 is 0 Å². The molecule has 0 aliphatic heterocycles. The Morgan fingerprint density at radius 3 is 2.79 bits per heavy atom. The second kappa shape index (κ2) is 3.61. The molecule has 1 aromatic carbocycles. The van der Waals surface area contributed by atoms with Gasteiger partial charge in [-0.3, -0.25) is 0 Å². The number of hydrogen-bond acceptors (Lipinski definition) is 4. The molecule has 1 heterocycles. The van der Waals surface area contributed by atoms with Gasteiger partial charge in [0.05, 0.1) is 11.8 Å². The van der Waals surface area contributed by atoms with Crippen molar-refractivity contribution in [1.29, 1.82) is 0 Å². The zero-order chi connectivity index (χ0) is 10.1. The highest BCUT2D eigenvalue weighted by atomic mass is 32.1. The first-order valence-corrected chi connectivity index (χ1v) is 5.02. The lowest BCUT2D eigenvalue weighted by Crippen LogP contribution is -2.28. The van der Waals surface area contributed by atoms with Crippen LogP contribution >= 0.6 is 11.3 Å². The Labute approximate surface area is 85.7 Å². The molecule has 72 valence electrons. The van der Waals surface area contributed by atoms with Crippen molar-refractivity contribution in [3.63, 3.8) is 0 Å². The fourth-order valence-corrected chi connectivity index (χ4v) is 2.49. The van der Waals surface area contributed by atoms with Gasteiger partial charge in [-0.25, -0.2) is 0 Å². The third-order valence-electron chi connectivity index (χ3n) is 2.09. The van der Waals surface area contributed by atoms with Gasteiger partial charge in [-0.05, 0) is 16.8 Å². The van der Waals surface area contributed by atoms with E-state index in [-0.39, 0.29) is 0 Å². The highest BCUT2D eigenvalue weighted by Gasteiger charge is 2.17. The lowest BCUT2D eigenvalue weighted by molar-refractivity contribution is 0.420. The summed E-state index contributed by atoms with van der Waals surface area (Å²) >= 11 is 1.45. The Balaban J connectivity index is 2.69. The topological polar surface area (TPSA) is 49.7 Å². The summed E-state index contributed by atoms with van der Waals surface area (Å²) in [6.45, 7) is 0. The minimum Gasteiger partial charge on any atom is -0.495 e. The average molecular weight is 208 g/mol. The van der Waals surface area contributed by atoms with Crippen LogP contribution in [0.25, 0.3) is 10.1 Å². The molecule has 0 bridgehead atoms. The average Bonchev–Trinajstić information content (AvgIpc) is 2.60. The van der Waals surface area contributed by atoms with Gasteiger partial charge in [0, 0.05) is 5.46 Å². The number of fused-ring (bicyclic) bond motifs is 1. The van der Waals surface area contributed by atoms with Crippen molar-refractivity contribution in [3.05, 3.63) is 23.6 Å². The maximum absolute atomic E-state index is 9.10. The fourth-order valence-electron chi connectivity index (χ4n) is 1.41. The highest BCUT2D eigenvalue weighted by molar-refractivity contribution is 7.19. The van der Waals surface area contributed by atoms with Crippen molar-refractivity contribution < 1.29 is 14.8 Å². The fraction of sp³-hybridized carbons (Fsp3) is 0.111. The highest BCUT2D eigenvalue weighted by Crippen LogP contribution is 2.28. The molecule has 2 N–H and O–H groups in total. The smallest absolute Gasteiger partial charge is 0.489 e. The number of thiophene rings is 1. The first-order chi connectivity index (χ1) is 6.74. The summed E-state index contributed by atoms with van der Waals surface area (Å²) in [5, 5.41) is 20.8. The Kier molecular flexibility index (Phi) is 2.45. The summed E-state index contributed by atoms with van der Waals surface area (Å²) < 4.78 is 6.11. The Hall–Kier alpha value is -1.04. The van der Waals surface area contributed by atoms with E-state index in [9.17, 15) is 0 Å². The van der Waals surface area contributed by atoms with E-state index < -0.39 is 7.12 Å². The molecule has 0 atom stereocenters. The summed E-state index contributed by atoms with van der Waals surface area (Å²) in [5.74, 6) is 0.763. The van der Waals surface area contributed by atoms with Crippen LogP contribution in [0.3, 0.4) is 0 Å². The number of methoxy groups -OCH3 is 1. The molecule has 0 spiro atoms. The molecule has 2 aromatic rings. The molecule has 0 aliphatic rings. The third-order valence-corrected chi connectivity index (χ3v) is 3.12. The molecule has 0 saturated carbocycles. The first kappa shape index (κ1) is 9.52. The van der Waals surface area contributed by atoms with Crippen LogP contribution in [0.4, 0.5) is 0 Å². The van der Waals surface area contributed by atoms with E-state index in [0.717, 1.165) is 15.8 Å². The number of ether oxygens (including phenoxy) is 1. The van der Waals surface area contributed by atoms with Crippen LogP contribution in [0.2, 0.25) is 0 Å². The molecular weight excluding hydrogens is 199 g/mol. The van der Waals surface area contributed by atoms with Gasteiger partial charge in [-0.2, -0.15) is 0 Å². The molecule has 0 radical (unpaired) electrons. The summed E-state index contributed by atoms with van der Waals surface area (Å²) in [6.07, 6.45) is 0. The Morgan fingerprint density at radius 1 is 1.36 bits per heavy atom. The van der Waals surface area contributed by atoms with Gasteiger partial charge in [-0.1, -0.05) is 12.1 Å². The zero-order valence-corrected chi connectivity index (χ0v) is 8.41. The van der Waals surface area contributed by atoms with Gasteiger partial charge in [0.1, 0.15) is 5.75 Å². The minimum absolute atomic E-state index is 0.531. The van der Waals surface area contributed by atoms with E-state index in [1.54, 1.807) is 12.5 Å². The molecule has 2 rings (SSSR count). The van der Waals surface area contributed by atoms with Crippen molar-refractivity contribution in [2.24, 2.45) is 0 Å². The van der Waals surface area contributed by atoms with Crippen molar-refractivity contribution >= 4 is 34.0 Å². The van der Waals surface area contributed by atoms with Crippen molar-refractivity contribution in [2.45, 2.75) is 0 Å². The van der Waals surface area contributed by atoms with Crippen LogP contribution < -0.4 is 10.2 Å². The Morgan fingerprint density at radius 2 is 2.14 bits per heavy atom. The van der Waals surface area contributed by atoms with E-state index in [1.165, 1.54) is 11.3 Å². The largest absolute Gasteiger partial charge is 0.495 e. The first-order valence-electron chi connectivity index (χ1n) is 4.14. The van der Waals surface area contributed by atoms with Gasteiger partial charge in [0.25, 0.3) is 0 Å². The monoisotopic (exact) mass is 208 g/mol. The molecular formula is C9H9BO3S. The summed E-state index contributed by atoms with van der Waals surface area (Å²) in [7, 11) is 0.180. The lowest BCUT2D eigenvalue weighted by Gasteiger charge is -2.01. The van der Waals surface area contributed by atoms with E-state index in [0.29, 0.717) is 5.46 Å². The quantitative estimate of drug-likeness (QED) is 0.710. The maximum Gasteiger partial charge on any atom is 0.489 e. The van der Waals surface area contributed by atoms with Gasteiger partial charge < -0.3 is 14.8 Å². The zero-order valence-electron chi connectivity index (χ0n) is 7.60. The number of hydrogen-bond donors (Lipinski definition) is 2. The summed E-state index contributed by atoms with van der Waals surface area (Å²) in [4.78, 5) is 0. The minimum atomic E-state index is -1.42. The van der Waals surface area contributed by atoms with E-state index in [4.69, 9.17) is 14.8 Å². The molecule has 3 nitrogen and oxygen atoms in total. The normalized spacial score (nSPS) is 10.5. The standard InChI is InChI=1S/C9H9BO3S/c1-13-8-4-2-3-6-7(10(11)12)5-14-9(6)8/h2-5,11-12H,1H3. The maximum atomic E-state index is 9.10. The number of benzene rings is 1.